The summed E-state index contributed by atoms with van der Waals surface area (Å²) in [4.78, 5) is 12.7. The molecule has 5 nitrogen and oxygen atoms in total. The number of nitrogens with one attached hydrogen (secondary N) is 2. The van der Waals surface area contributed by atoms with Crippen molar-refractivity contribution in [3.05, 3.63) is 56.3 Å². The van der Waals surface area contributed by atoms with E-state index in [-0.39, 0.29) is 21.3 Å². The van der Waals surface area contributed by atoms with Crippen molar-refractivity contribution in [1.29, 1.82) is 0 Å². The van der Waals surface area contributed by atoms with Gasteiger partial charge in [-0.25, -0.2) is 12.8 Å². The molecule has 0 heterocycles. The first kappa shape index (κ1) is 22.9. The summed E-state index contributed by atoms with van der Waals surface area (Å²) in [6.07, 6.45) is -4.09. The molecule has 0 radical (unpaired) electrons. The van der Waals surface area contributed by atoms with Crippen molar-refractivity contribution in [2.45, 2.75) is 24.3 Å². The van der Waals surface area contributed by atoms with Crippen LogP contribution in [0.5, 0.6) is 0 Å². The van der Waals surface area contributed by atoms with Crippen LogP contribution in [0.25, 0.3) is 0 Å². The van der Waals surface area contributed by atoms with Crippen molar-refractivity contribution in [3.8, 4) is 0 Å². The Morgan fingerprint density at radius 3 is 2.23 bits per heavy atom. The van der Waals surface area contributed by atoms with Gasteiger partial charge in [-0.1, -0.05) is 34.8 Å². The molecule has 1 aliphatic rings. The molecule has 2 N–H and O–H groups in total. The van der Waals surface area contributed by atoms with E-state index in [4.69, 9.17) is 34.8 Å². The Balaban J connectivity index is 1.97. The van der Waals surface area contributed by atoms with Crippen LogP contribution in [0.15, 0.2) is 24.3 Å². The van der Waals surface area contributed by atoms with Crippen LogP contribution < -0.4 is 10.0 Å². The van der Waals surface area contributed by atoms with Gasteiger partial charge in [0.15, 0.2) is 0 Å². The predicted octanol–water partition coefficient (Wildman–Crippen LogP) is 5.96. The highest BCUT2D eigenvalue weighted by atomic mass is 35.5. The molecule has 0 spiro atoms. The van der Waals surface area contributed by atoms with Crippen LogP contribution in [0, 0.1) is 5.82 Å². The van der Waals surface area contributed by atoms with Crippen molar-refractivity contribution in [2.24, 2.45) is 0 Å². The normalized spacial score (nSPS) is 14.5. The van der Waals surface area contributed by atoms with Crippen molar-refractivity contribution < 1.29 is 30.8 Å². The lowest BCUT2D eigenvalue weighted by Gasteiger charge is -2.16. The molecule has 1 fully saturated rings. The lowest BCUT2D eigenvalue weighted by molar-refractivity contribution is -0.139. The highest BCUT2D eigenvalue weighted by Crippen LogP contribution is 2.38. The van der Waals surface area contributed by atoms with Gasteiger partial charge in [0.25, 0.3) is 5.91 Å². The molecule has 2 aromatic rings. The van der Waals surface area contributed by atoms with Crippen molar-refractivity contribution in [2.75, 3.05) is 10.0 Å². The SMILES string of the molecule is O=C(Nc1cc(F)c(C(F)(F)F)cc1Cl)c1cc(Cl)cc(Cl)c1NS(=O)(=O)C1CC1. The maximum Gasteiger partial charge on any atom is 0.419 e. The number of amides is 1. The molecule has 0 atom stereocenters. The van der Waals surface area contributed by atoms with E-state index in [9.17, 15) is 30.8 Å². The van der Waals surface area contributed by atoms with Crippen LogP contribution in [0.3, 0.4) is 0 Å². The van der Waals surface area contributed by atoms with Gasteiger partial charge in [0.05, 0.1) is 37.8 Å². The average Bonchev–Trinajstić information content (AvgIpc) is 3.44. The molecule has 1 amide bonds. The summed E-state index contributed by atoms with van der Waals surface area (Å²) in [7, 11) is -3.81. The molecule has 3 rings (SSSR count). The van der Waals surface area contributed by atoms with Crippen molar-refractivity contribution in [3.63, 3.8) is 0 Å². The van der Waals surface area contributed by atoms with E-state index in [1.54, 1.807) is 0 Å². The van der Waals surface area contributed by atoms with Crippen LogP contribution in [0.1, 0.15) is 28.8 Å². The molecule has 0 aromatic heterocycles. The fraction of sp³-hybridized carbons (Fsp3) is 0.235. The van der Waals surface area contributed by atoms with E-state index in [1.807, 2.05) is 0 Å². The smallest absolute Gasteiger partial charge is 0.320 e. The molecule has 0 aliphatic heterocycles. The van der Waals surface area contributed by atoms with Crippen LogP contribution in [-0.4, -0.2) is 19.6 Å². The lowest BCUT2D eigenvalue weighted by atomic mass is 10.1. The largest absolute Gasteiger partial charge is 0.419 e. The number of carbonyl (C=O) groups is 1. The Hall–Kier alpha value is -1.75. The summed E-state index contributed by atoms with van der Waals surface area (Å²) >= 11 is 17.7. The Labute approximate surface area is 183 Å². The fourth-order valence-corrected chi connectivity index (χ4v) is 4.75. The summed E-state index contributed by atoms with van der Waals surface area (Å²) in [5.74, 6) is -2.67. The zero-order valence-electron chi connectivity index (χ0n) is 14.6. The molecule has 13 heteroatoms. The van der Waals surface area contributed by atoms with E-state index in [0.717, 1.165) is 6.07 Å². The second-order valence-corrected chi connectivity index (χ2v) is 9.63. The first-order valence-corrected chi connectivity index (χ1v) is 10.9. The molecule has 0 saturated heterocycles. The molecular formula is C17H11Cl3F4N2O3S. The number of halogens is 7. The van der Waals surface area contributed by atoms with Gasteiger partial charge in [-0.05, 0) is 37.1 Å². The third-order valence-electron chi connectivity index (χ3n) is 4.12. The summed E-state index contributed by atoms with van der Waals surface area (Å²) in [5, 5.41) is 0.747. The highest BCUT2D eigenvalue weighted by Gasteiger charge is 2.37. The second-order valence-electron chi connectivity index (χ2n) is 6.42. The number of rotatable bonds is 5. The van der Waals surface area contributed by atoms with Gasteiger partial charge in [-0.15, -0.1) is 0 Å². The lowest BCUT2D eigenvalue weighted by Crippen LogP contribution is -2.22. The molecular weight excluding hydrogens is 495 g/mol. The minimum absolute atomic E-state index is 0.00998. The maximum absolute atomic E-state index is 13.8. The van der Waals surface area contributed by atoms with Gasteiger partial charge in [-0.2, -0.15) is 13.2 Å². The first-order chi connectivity index (χ1) is 13.8. The number of hydrogen-bond acceptors (Lipinski definition) is 3. The number of carbonyl (C=O) groups excluding carboxylic acids is 1. The summed E-state index contributed by atoms with van der Waals surface area (Å²) in [6.45, 7) is 0. The molecule has 1 saturated carbocycles. The number of alkyl halides is 3. The van der Waals surface area contributed by atoms with Gasteiger partial charge in [0.1, 0.15) is 5.82 Å². The number of sulfonamides is 1. The number of anilines is 2. The van der Waals surface area contributed by atoms with E-state index >= 15 is 0 Å². The zero-order chi connectivity index (χ0) is 22.4. The first-order valence-electron chi connectivity index (χ1n) is 8.18. The molecule has 1 aliphatic carbocycles. The Morgan fingerprint density at radius 2 is 1.67 bits per heavy atom. The standard InChI is InChI=1S/C17H11Cl3F4N2O3S/c18-7-3-9(15(12(20)4-7)26-30(28,29)8-1-2-8)16(27)25-14-6-13(21)10(5-11(14)19)17(22,23)24/h3-6,8,26H,1-2H2,(H,25,27). The quantitative estimate of drug-likeness (QED) is 0.492. The van der Waals surface area contributed by atoms with Crippen LogP contribution in [0.2, 0.25) is 15.1 Å². The molecule has 0 bridgehead atoms. The minimum Gasteiger partial charge on any atom is -0.320 e. The van der Waals surface area contributed by atoms with Gasteiger partial charge in [0.2, 0.25) is 10.0 Å². The Morgan fingerprint density at radius 1 is 1.03 bits per heavy atom. The van der Waals surface area contributed by atoms with Gasteiger partial charge in [-0.3, -0.25) is 9.52 Å². The summed E-state index contributed by atoms with van der Waals surface area (Å²) in [6, 6.07) is 3.04. The Kier molecular flexibility index (Phi) is 6.16. The topological polar surface area (TPSA) is 75.3 Å². The summed E-state index contributed by atoms with van der Waals surface area (Å²) < 4.78 is 78.9. The van der Waals surface area contributed by atoms with Crippen LogP contribution in [0.4, 0.5) is 28.9 Å². The number of hydrogen-bond donors (Lipinski definition) is 2. The van der Waals surface area contributed by atoms with Crippen molar-refractivity contribution in [1.82, 2.24) is 0 Å². The average molecular weight is 506 g/mol. The van der Waals surface area contributed by atoms with E-state index < -0.39 is 49.4 Å². The zero-order valence-corrected chi connectivity index (χ0v) is 17.7. The Bertz CT molecular complexity index is 1140. The van der Waals surface area contributed by atoms with Gasteiger partial charge >= 0.3 is 6.18 Å². The second kappa shape index (κ2) is 8.07. The summed E-state index contributed by atoms with van der Waals surface area (Å²) in [5.41, 5.74) is -2.66. The number of benzene rings is 2. The third-order valence-corrected chi connectivity index (χ3v) is 6.78. The maximum atomic E-state index is 13.8. The van der Waals surface area contributed by atoms with Crippen molar-refractivity contribution >= 4 is 62.1 Å². The van der Waals surface area contributed by atoms with E-state index in [2.05, 4.69) is 10.0 Å². The van der Waals surface area contributed by atoms with Crippen LogP contribution in [-0.2, 0) is 16.2 Å². The predicted molar refractivity (Wildman–Crippen MR) is 106 cm³/mol. The van der Waals surface area contributed by atoms with Crippen LogP contribution >= 0.6 is 34.8 Å². The molecule has 30 heavy (non-hydrogen) atoms. The monoisotopic (exact) mass is 504 g/mol. The molecule has 0 unspecified atom stereocenters. The van der Waals surface area contributed by atoms with Gasteiger partial charge in [0, 0.05) is 5.02 Å². The van der Waals surface area contributed by atoms with E-state index in [0.29, 0.717) is 25.0 Å². The minimum atomic E-state index is -4.98. The van der Waals surface area contributed by atoms with E-state index in [1.165, 1.54) is 6.07 Å². The fourth-order valence-electron chi connectivity index (χ4n) is 2.51. The molecule has 2 aromatic carbocycles. The third kappa shape index (κ3) is 4.93. The van der Waals surface area contributed by atoms with Gasteiger partial charge < -0.3 is 5.32 Å². The highest BCUT2D eigenvalue weighted by molar-refractivity contribution is 7.93. The molecule has 162 valence electrons.